The summed E-state index contributed by atoms with van der Waals surface area (Å²) in [5.74, 6) is 0. The molecule has 0 atom stereocenters. The molecule has 14 rings (SSSR count). The van der Waals surface area contributed by atoms with Crippen molar-refractivity contribution in [1.29, 1.82) is 0 Å². The fraction of sp³-hybridized carbons (Fsp3) is 0. The van der Waals surface area contributed by atoms with Gasteiger partial charge in [-0.15, -0.1) is 0 Å². The molecule has 4 nitrogen and oxygen atoms in total. The summed E-state index contributed by atoms with van der Waals surface area (Å²) >= 11 is 0. The van der Waals surface area contributed by atoms with Crippen molar-refractivity contribution in [3.8, 4) is 33.6 Å². The van der Waals surface area contributed by atoms with Gasteiger partial charge in [-0.25, -0.2) is 0 Å². The predicted octanol–water partition coefficient (Wildman–Crippen LogP) is 20.3. The van der Waals surface area contributed by atoms with E-state index in [0.29, 0.717) is 0 Å². The first-order valence-electron chi connectivity index (χ1n) is 26.7. The van der Waals surface area contributed by atoms with Crippen molar-refractivity contribution < 1.29 is 0 Å². The molecule has 0 saturated carbocycles. The van der Waals surface area contributed by atoms with Crippen LogP contribution in [-0.4, -0.2) is 9.13 Å². The number of fused-ring (bicyclic) bond motifs is 6. The maximum absolute atomic E-state index is 2.37. The Morgan fingerprint density at radius 3 is 0.731 bits per heavy atom. The predicted molar refractivity (Wildman–Crippen MR) is 331 cm³/mol. The largest absolute Gasteiger partial charge is 0.311 e. The molecule has 0 aliphatic heterocycles. The maximum Gasteiger partial charge on any atom is 0.0541 e. The highest BCUT2D eigenvalue weighted by atomic mass is 15.1. The lowest BCUT2D eigenvalue weighted by Gasteiger charge is -2.26. The minimum absolute atomic E-state index is 1.08. The van der Waals surface area contributed by atoms with Gasteiger partial charge in [-0.1, -0.05) is 194 Å². The van der Waals surface area contributed by atoms with Gasteiger partial charge in [0.25, 0.3) is 0 Å². The molecule has 368 valence electrons. The van der Waals surface area contributed by atoms with Gasteiger partial charge in [0, 0.05) is 67.0 Å². The summed E-state index contributed by atoms with van der Waals surface area (Å²) in [5, 5.41) is 5.02. The molecule has 0 spiro atoms. The van der Waals surface area contributed by atoms with E-state index in [1.165, 1.54) is 65.9 Å². The van der Waals surface area contributed by atoms with Crippen molar-refractivity contribution in [2.24, 2.45) is 0 Å². The molecular formula is C74H52N4. The number of aromatic nitrogens is 2. The van der Waals surface area contributed by atoms with Crippen LogP contribution in [0.3, 0.4) is 0 Å². The molecule has 0 fully saturated rings. The van der Waals surface area contributed by atoms with E-state index in [0.717, 1.165) is 56.6 Å². The first-order chi connectivity index (χ1) is 38.7. The highest BCUT2D eigenvalue weighted by molar-refractivity contribution is 6.10. The summed E-state index contributed by atoms with van der Waals surface area (Å²) in [6.45, 7) is 0. The molecule has 14 aromatic rings. The molecule has 0 aliphatic rings. The minimum Gasteiger partial charge on any atom is -0.311 e. The van der Waals surface area contributed by atoms with Gasteiger partial charge in [-0.2, -0.15) is 0 Å². The number of nitrogens with zero attached hydrogens (tertiary/aromatic N) is 4. The Morgan fingerprint density at radius 2 is 0.436 bits per heavy atom. The van der Waals surface area contributed by atoms with Crippen LogP contribution in [0.15, 0.2) is 303 Å². The smallest absolute Gasteiger partial charge is 0.0541 e. The van der Waals surface area contributed by atoms with E-state index < -0.39 is 0 Å². The molecule has 2 aromatic heterocycles. The third-order valence-corrected chi connectivity index (χ3v) is 15.1. The summed E-state index contributed by atoms with van der Waals surface area (Å²) in [6, 6.07) is 109. The normalized spacial score (nSPS) is 11.5. The number of hydrogen-bond acceptors (Lipinski definition) is 2. The minimum atomic E-state index is 1.08. The van der Waals surface area contributed by atoms with Crippen molar-refractivity contribution >= 4 is 89.9 Å². The summed E-state index contributed by atoms with van der Waals surface area (Å²) in [7, 11) is 0. The Bertz CT molecular complexity index is 4030. The van der Waals surface area contributed by atoms with Gasteiger partial charge in [0.1, 0.15) is 0 Å². The van der Waals surface area contributed by atoms with Crippen molar-refractivity contribution in [2.45, 2.75) is 0 Å². The number of benzene rings is 12. The van der Waals surface area contributed by atoms with Crippen molar-refractivity contribution in [2.75, 3.05) is 9.80 Å². The lowest BCUT2D eigenvalue weighted by atomic mass is 10.0. The Morgan fingerprint density at radius 1 is 0.205 bits per heavy atom. The van der Waals surface area contributed by atoms with Crippen molar-refractivity contribution in [3.63, 3.8) is 0 Å². The van der Waals surface area contributed by atoms with Crippen LogP contribution in [0.4, 0.5) is 34.1 Å². The molecular weight excluding hydrogens is 945 g/mol. The van der Waals surface area contributed by atoms with Crippen LogP contribution < -0.4 is 9.80 Å². The monoisotopic (exact) mass is 996 g/mol. The second-order valence-electron chi connectivity index (χ2n) is 19.8. The second-order valence-corrected chi connectivity index (χ2v) is 19.8. The second kappa shape index (κ2) is 20.0. The fourth-order valence-corrected chi connectivity index (χ4v) is 11.3. The van der Waals surface area contributed by atoms with E-state index in [4.69, 9.17) is 0 Å². The van der Waals surface area contributed by atoms with Gasteiger partial charge < -0.3 is 18.9 Å². The van der Waals surface area contributed by atoms with Crippen LogP contribution >= 0.6 is 0 Å². The molecule has 0 N–H and O–H groups in total. The first kappa shape index (κ1) is 46.1. The van der Waals surface area contributed by atoms with Crippen LogP contribution in [0.5, 0.6) is 0 Å². The highest BCUT2D eigenvalue weighted by Crippen LogP contribution is 2.41. The number of anilines is 6. The van der Waals surface area contributed by atoms with Gasteiger partial charge in [-0.05, 0) is 155 Å². The van der Waals surface area contributed by atoms with Crippen LogP contribution in [-0.2, 0) is 0 Å². The SMILES string of the molecule is C(=Cc1ccc(N(c2ccc(-c3ccccc3)cc2)c2ccc(-n3c4ccccc4c4ccccc43)cc2)cc1)c1ccc(N(c2ccc(-c3ccccc3)cc2)c2ccc(-n3c4ccccc4c4ccccc43)cc2)cc1. The third-order valence-electron chi connectivity index (χ3n) is 15.1. The van der Waals surface area contributed by atoms with Gasteiger partial charge >= 0.3 is 0 Å². The number of hydrogen-bond donors (Lipinski definition) is 0. The number of para-hydroxylation sites is 4. The summed E-state index contributed by atoms with van der Waals surface area (Å²) < 4.78 is 4.74. The van der Waals surface area contributed by atoms with Crippen LogP contribution in [0.1, 0.15) is 11.1 Å². The lowest BCUT2D eigenvalue weighted by molar-refractivity contribution is 1.17. The zero-order valence-electron chi connectivity index (χ0n) is 42.8. The van der Waals surface area contributed by atoms with Gasteiger partial charge in [-0.3, -0.25) is 0 Å². The first-order valence-corrected chi connectivity index (χ1v) is 26.7. The van der Waals surface area contributed by atoms with Crippen molar-refractivity contribution in [3.05, 3.63) is 314 Å². The van der Waals surface area contributed by atoms with Crippen LogP contribution in [0.25, 0.3) is 89.4 Å². The summed E-state index contributed by atoms with van der Waals surface area (Å²) in [6.07, 6.45) is 4.40. The van der Waals surface area contributed by atoms with E-state index in [1.807, 2.05) is 0 Å². The van der Waals surface area contributed by atoms with E-state index in [1.54, 1.807) is 0 Å². The standard InChI is InChI=1S/C74H52N4/c1-3-15-55(16-4-1)57-33-41-61(42-34-57)75(63-45-49-65(50-46-63)77-71-23-11-7-19-67(71)68-20-8-12-24-72(68)77)59-37-29-53(30-38-59)27-28-54-31-39-60(40-32-54)76(62-43-35-58(36-44-62)56-17-5-2-6-18-56)64-47-51-66(52-48-64)78-73-25-13-9-21-69(73)70-22-10-14-26-74(70)78/h1-52H. The van der Waals surface area contributed by atoms with Gasteiger partial charge in [0.05, 0.1) is 22.1 Å². The molecule has 0 radical (unpaired) electrons. The summed E-state index contributed by atoms with van der Waals surface area (Å²) in [4.78, 5) is 4.69. The quantitative estimate of drug-likeness (QED) is 0.113. The summed E-state index contributed by atoms with van der Waals surface area (Å²) in [5.41, 5.74) is 20.5. The number of rotatable bonds is 12. The van der Waals surface area contributed by atoms with E-state index in [9.17, 15) is 0 Å². The van der Waals surface area contributed by atoms with Gasteiger partial charge in [0.2, 0.25) is 0 Å². The highest BCUT2D eigenvalue weighted by Gasteiger charge is 2.18. The molecule has 78 heavy (non-hydrogen) atoms. The Balaban J connectivity index is 0.762. The van der Waals surface area contributed by atoms with E-state index in [2.05, 4.69) is 334 Å². The van der Waals surface area contributed by atoms with Crippen LogP contribution in [0.2, 0.25) is 0 Å². The fourth-order valence-electron chi connectivity index (χ4n) is 11.3. The Labute approximate surface area is 454 Å². The molecule has 12 aromatic carbocycles. The van der Waals surface area contributed by atoms with E-state index >= 15 is 0 Å². The molecule has 0 saturated heterocycles. The lowest BCUT2D eigenvalue weighted by Crippen LogP contribution is -2.10. The average Bonchev–Trinajstić information content (AvgIpc) is 4.18. The average molecular weight is 997 g/mol. The topological polar surface area (TPSA) is 16.3 Å². The molecule has 0 aliphatic carbocycles. The molecule has 0 unspecified atom stereocenters. The molecule has 2 heterocycles. The van der Waals surface area contributed by atoms with Crippen molar-refractivity contribution in [1.82, 2.24) is 9.13 Å². The Kier molecular flexibility index (Phi) is 11.8. The third kappa shape index (κ3) is 8.58. The zero-order valence-corrected chi connectivity index (χ0v) is 42.8. The zero-order chi connectivity index (χ0) is 51.8. The van der Waals surface area contributed by atoms with E-state index in [-0.39, 0.29) is 0 Å². The van der Waals surface area contributed by atoms with Crippen LogP contribution in [0, 0.1) is 0 Å². The molecule has 4 heteroatoms. The maximum atomic E-state index is 2.37. The molecule has 0 bridgehead atoms. The van der Waals surface area contributed by atoms with Gasteiger partial charge in [0.15, 0.2) is 0 Å². The Hall–Kier alpha value is -10.4. The molecule has 0 amide bonds.